The van der Waals surface area contributed by atoms with E-state index in [0.29, 0.717) is 10.8 Å². The first kappa shape index (κ1) is 17.9. The van der Waals surface area contributed by atoms with Crippen molar-refractivity contribution in [3.8, 4) is 0 Å². The number of benzene rings is 1. The number of fused-ring (bicyclic) bond motifs is 2. The molecule has 0 atom stereocenters. The second-order valence-corrected chi connectivity index (χ2v) is 6.95. The summed E-state index contributed by atoms with van der Waals surface area (Å²) >= 11 is 1.49. The van der Waals surface area contributed by atoms with Gasteiger partial charge in [0, 0.05) is 54.1 Å². The molecular weight excluding hydrogens is 372 g/mol. The van der Waals surface area contributed by atoms with Crippen LogP contribution in [0, 0.1) is 0 Å². The van der Waals surface area contributed by atoms with Crippen LogP contribution in [0.25, 0.3) is 22.1 Å². The molecule has 3 N–H and O–H groups in total. The standard InChI is InChI=1S/C19H18N8S/c1-21-10-14(9-20)13-7-12-8-15(3-4-16(12)23-11-13)28-19-25-24-18-6-5-17(22-2)26-27(18)19/h3-11H,20H2,1-2H3,(H,22,26). The number of nitrogens with one attached hydrogen (secondary N) is 1. The van der Waals surface area contributed by atoms with Crippen LogP contribution in [0.1, 0.15) is 5.56 Å². The molecule has 28 heavy (non-hydrogen) atoms. The van der Waals surface area contributed by atoms with Gasteiger partial charge in [0.15, 0.2) is 5.65 Å². The van der Waals surface area contributed by atoms with Gasteiger partial charge in [-0.3, -0.25) is 9.98 Å². The van der Waals surface area contributed by atoms with Gasteiger partial charge in [0.2, 0.25) is 5.16 Å². The molecule has 0 bridgehead atoms. The van der Waals surface area contributed by atoms with Gasteiger partial charge in [0.1, 0.15) is 5.82 Å². The molecule has 0 spiro atoms. The van der Waals surface area contributed by atoms with E-state index in [1.807, 2.05) is 37.4 Å². The Labute approximate surface area is 165 Å². The lowest BCUT2D eigenvalue weighted by Gasteiger charge is -2.06. The Kier molecular flexibility index (Phi) is 4.90. The SMILES string of the molecule is CN=CC(=CN)c1cnc2ccc(Sc3nnc4ccc(NC)nn34)cc2c1. The Morgan fingerprint density at radius 1 is 1.21 bits per heavy atom. The fourth-order valence-electron chi connectivity index (χ4n) is 2.76. The van der Waals surface area contributed by atoms with E-state index in [0.717, 1.165) is 32.8 Å². The minimum atomic E-state index is 0.691. The number of aromatic nitrogens is 5. The number of anilines is 1. The van der Waals surface area contributed by atoms with Crippen molar-refractivity contribution < 1.29 is 0 Å². The number of aliphatic imine (C=N–C) groups is 1. The number of allylic oxidation sites excluding steroid dienone is 1. The quantitative estimate of drug-likeness (QED) is 0.505. The molecule has 0 aliphatic carbocycles. The van der Waals surface area contributed by atoms with Gasteiger partial charge in [0.25, 0.3) is 0 Å². The number of nitrogens with zero attached hydrogens (tertiary/aromatic N) is 6. The third-order valence-electron chi connectivity index (χ3n) is 4.13. The predicted molar refractivity (Wildman–Crippen MR) is 113 cm³/mol. The third kappa shape index (κ3) is 3.39. The maximum Gasteiger partial charge on any atom is 0.217 e. The number of rotatable bonds is 5. The summed E-state index contributed by atoms with van der Waals surface area (Å²) in [4.78, 5) is 9.57. The maximum atomic E-state index is 5.72. The number of hydrogen-bond acceptors (Lipinski definition) is 8. The van der Waals surface area contributed by atoms with E-state index < -0.39 is 0 Å². The first-order chi connectivity index (χ1) is 13.7. The molecule has 0 unspecified atom stereocenters. The van der Waals surface area contributed by atoms with Gasteiger partial charge in [-0.1, -0.05) is 0 Å². The van der Waals surface area contributed by atoms with Crippen LogP contribution in [0.4, 0.5) is 5.82 Å². The molecule has 1 aromatic carbocycles. The highest BCUT2D eigenvalue weighted by Gasteiger charge is 2.10. The van der Waals surface area contributed by atoms with Crippen LogP contribution in [-0.4, -0.2) is 45.1 Å². The van der Waals surface area contributed by atoms with Crippen molar-refractivity contribution in [1.29, 1.82) is 0 Å². The second-order valence-electron chi connectivity index (χ2n) is 5.91. The van der Waals surface area contributed by atoms with Gasteiger partial charge in [-0.05, 0) is 48.2 Å². The van der Waals surface area contributed by atoms with Crippen molar-refractivity contribution in [2.75, 3.05) is 19.4 Å². The summed E-state index contributed by atoms with van der Waals surface area (Å²) in [6, 6.07) is 11.8. The predicted octanol–water partition coefficient (Wildman–Crippen LogP) is 2.87. The monoisotopic (exact) mass is 390 g/mol. The molecule has 0 saturated carbocycles. The Morgan fingerprint density at radius 2 is 2.11 bits per heavy atom. The summed E-state index contributed by atoms with van der Waals surface area (Å²) < 4.78 is 1.72. The summed E-state index contributed by atoms with van der Waals surface area (Å²) in [5.74, 6) is 0.750. The zero-order valence-corrected chi connectivity index (χ0v) is 16.2. The number of nitrogens with two attached hydrogens (primary N) is 1. The lowest BCUT2D eigenvalue weighted by atomic mass is 10.1. The van der Waals surface area contributed by atoms with Gasteiger partial charge in [0.05, 0.1) is 5.52 Å². The Hall–Kier alpha value is -3.46. The van der Waals surface area contributed by atoms with Crippen LogP contribution in [-0.2, 0) is 0 Å². The molecule has 8 nitrogen and oxygen atoms in total. The molecule has 0 radical (unpaired) electrons. The molecule has 0 fully saturated rings. The van der Waals surface area contributed by atoms with Crippen molar-refractivity contribution in [3.05, 3.63) is 54.4 Å². The van der Waals surface area contributed by atoms with Crippen LogP contribution in [0.15, 0.2) is 63.8 Å². The average molecular weight is 390 g/mol. The topological polar surface area (TPSA) is 106 Å². The van der Waals surface area contributed by atoms with Gasteiger partial charge >= 0.3 is 0 Å². The van der Waals surface area contributed by atoms with Gasteiger partial charge < -0.3 is 11.1 Å². The summed E-state index contributed by atoms with van der Waals surface area (Å²) in [7, 11) is 3.54. The number of pyridine rings is 1. The van der Waals surface area contributed by atoms with Crippen LogP contribution in [0.3, 0.4) is 0 Å². The first-order valence-electron chi connectivity index (χ1n) is 8.54. The van der Waals surface area contributed by atoms with E-state index in [9.17, 15) is 0 Å². The lowest BCUT2D eigenvalue weighted by Crippen LogP contribution is -1.99. The van der Waals surface area contributed by atoms with Crippen molar-refractivity contribution >= 4 is 45.9 Å². The molecule has 3 aromatic heterocycles. The van der Waals surface area contributed by atoms with Crippen LogP contribution in [0.5, 0.6) is 0 Å². The Bertz CT molecular complexity index is 1210. The Balaban J connectivity index is 1.71. The lowest BCUT2D eigenvalue weighted by molar-refractivity contribution is 0.812. The van der Waals surface area contributed by atoms with E-state index >= 15 is 0 Å². The Morgan fingerprint density at radius 3 is 2.89 bits per heavy atom. The summed E-state index contributed by atoms with van der Waals surface area (Å²) in [6.07, 6.45) is 5.04. The average Bonchev–Trinajstić information content (AvgIpc) is 3.13. The molecule has 3 heterocycles. The van der Waals surface area contributed by atoms with Crippen LogP contribution in [0.2, 0.25) is 0 Å². The minimum absolute atomic E-state index is 0.691. The van der Waals surface area contributed by atoms with E-state index in [4.69, 9.17) is 5.73 Å². The molecule has 4 aromatic rings. The zero-order valence-electron chi connectivity index (χ0n) is 15.4. The maximum absolute atomic E-state index is 5.72. The summed E-state index contributed by atoms with van der Waals surface area (Å²) in [5, 5.41) is 17.6. The van der Waals surface area contributed by atoms with E-state index in [1.54, 1.807) is 24.0 Å². The molecule has 9 heteroatoms. The van der Waals surface area contributed by atoms with Crippen LogP contribution >= 0.6 is 11.8 Å². The molecule has 0 amide bonds. The van der Waals surface area contributed by atoms with E-state index in [1.165, 1.54) is 18.0 Å². The normalized spacial score (nSPS) is 12.3. The number of hydrogen-bond donors (Lipinski definition) is 2. The molecular formula is C19H18N8S. The fraction of sp³-hybridized carbons (Fsp3) is 0.105. The van der Waals surface area contributed by atoms with Crippen molar-refractivity contribution in [1.82, 2.24) is 24.8 Å². The van der Waals surface area contributed by atoms with Crippen molar-refractivity contribution in [2.24, 2.45) is 10.7 Å². The molecule has 4 rings (SSSR count). The van der Waals surface area contributed by atoms with Gasteiger partial charge in [-0.25, -0.2) is 0 Å². The van der Waals surface area contributed by atoms with Gasteiger partial charge in [-0.2, -0.15) is 4.52 Å². The molecule has 0 aliphatic heterocycles. The second kappa shape index (κ2) is 7.65. The van der Waals surface area contributed by atoms with Gasteiger partial charge in [-0.15, -0.1) is 15.3 Å². The highest BCUT2D eigenvalue weighted by Crippen LogP contribution is 2.29. The molecule has 140 valence electrons. The first-order valence-corrected chi connectivity index (χ1v) is 9.36. The van der Waals surface area contributed by atoms with Crippen molar-refractivity contribution in [2.45, 2.75) is 10.1 Å². The largest absolute Gasteiger partial charge is 0.404 e. The third-order valence-corrected chi connectivity index (χ3v) is 5.06. The molecule has 0 aliphatic rings. The minimum Gasteiger partial charge on any atom is -0.404 e. The summed E-state index contributed by atoms with van der Waals surface area (Å²) in [5.41, 5.74) is 9.05. The highest BCUT2D eigenvalue weighted by atomic mass is 32.2. The molecule has 0 saturated heterocycles. The van der Waals surface area contributed by atoms with E-state index in [-0.39, 0.29) is 0 Å². The highest BCUT2D eigenvalue weighted by molar-refractivity contribution is 7.99. The zero-order chi connectivity index (χ0) is 19.5. The fourth-order valence-corrected chi connectivity index (χ4v) is 3.59. The smallest absolute Gasteiger partial charge is 0.217 e. The van der Waals surface area contributed by atoms with E-state index in [2.05, 4.69) is 36.7 Å². The van der Waals surface area contributed by atoms with Crippen LogP contribution < -0.4 is 11.1 Å². The summed E-state index contributed by atoms with van der Waals surface area (Å²) in [6.45, 7) is 0. The van der Waals surface area contributed by atoms with Crippen molar-refractivity contribution in [3.63, 3.8) is 0 Å².